The number of rotatable bonds is 11. The minimum absolute atomic E-state index is 0.000483. The molecule has 2 heterocycles. The Bertz CT molecular complexity index is 1070. The average molecular weight is 422 g/mol. The molecular weight excluding hydrogens is 396 g/mol. The topological polar surface area (TPSA) is 103 Å². The lowest BCUT2D eigenvalue weighted by Crippen LogP contribution is -2.13. The van der Waals surface area contributed by atoms with Gasteiger partial charge in [0.15, 0.2) is 5.78 Å². The first-order chi connectivity index (χ1) is 15.0. The van der Waals surface area contributed by atoms with E-state index in [9.17, 15) is 9.59 Å². The number of nitrogens with zero attached hydrogens (tertiary/aromatic N) is 2. The van der Waals surface area contributed by atoms with E-state index in [1.807, 2.05) is 44.2 Å². The number of ketones is 1. The Morgan fingerprint density at radius 3 is 2.68 bits per heavy atom. The van der Waals surface area contributed by atoms with Crippen LogP contribution in [0.3, 0.4) is 0 Å². The van der Waals surface area contributed by atoms with Crippen LogP contribution in [0.1, 0.15) is 51.5 Å². The number of hydrogen-bond donors (Lipinski definition) is 1. The molecule has 162 valence electrons. The van der Waals surface area contributed by atoms with E-state index in [2.05, 4.69) is 9.97 Å². The SMILES string of the molecule is CCC(=O)/C=C/c1c(-c2ccccc2)oc2ncnc(O[C@H](C)CCCCC(=O)O)c12. The Kier molecular flexibility index (Phi) is 7.54. The Balaban J connectivity index is 1.95. The largest absolute Gasteiger partial charge is 0.481 e. The Labute approximate surface area is 180 Å². The number of ether oxygens (including phenoxy) is 1. The molecule has 0 saturated carbocycles. The normalized spacial score (nSPS) is 12.3. The fraction of sp³-hybridized carbons (Fsp3) is 0.333. The number of carbonyl (C=O) groups is 2. The van der Waals surface area contributed by atoms with Gasteiger partial charge in [0.05, 0.1) is 6.10 Å². The van der Waals surface area contributed by atoms with E-state index < -0.39 is 5.97 Å². The zero-order chi connectivity index (χ0) is 22.2. The molecule has 0 saturated heterocycles. The van der Waals surface area contributed by atoms with Gasteiger partial charge in [0.1, 0.15) is 17.5 Å². The van der Waals surface area contributed by atoms with Crippen LogP contribution < -0.4 is 4.74 Å². The van der Waals surface area contributed by atoms with Gasteiger partial charge in [-0.3, -0.25) is 9.59 Å². The molecule has 3 aromatic rings. The van der Waals surface area contributed by atoms with E-state index in [0.29, 0.717) is 47.6 Å². The van der Waals surface area contributed by atoms with Crippen molar-refractivity contribution >= 4 is 28.9 Å². The highest BCUT2D eigenvalue weighted by atomic mass is 16.5. The van der Waals surface area contributed by atoms with Crippen molar-refractivity contribution in [3.63, 3.8) is 0 Å². The van der Waals surface area contributed by atoms with Crippen molar-refractivity contribution in [1.29, 1.82) is 0 Å². The molecule has 3 rings (SSSR count). The van der Waals surface area contributed by atoms with Gasteiger partial charge in [-0.15, -0.1) is 0 Å². The van der Waals surface area contributed by atoms with Crippen molar-refractivity contribution in [3.05, 3.63) is 48.3 Å². The highest BCUT2D eigenvalue weighted by molar-refractivity contribution is 6.00. The standard InChI is InChI=1S/C24H26N2O5/c1-3-18(27)13-14-19-21-23(30-16(2)9-7-8-12-20(28)29)25-15-26-24(21)31-22(19)17-10-5-4-6-11-17/h4-6,10-11,13-16H,3,7-9,12H2,1-2H3,(H,28,29)/b14-13+/t16-/m1/s1. The number of carbonyl (C=O) groups excluding carboxylic acids is 1. The molecule has 1 atom stereocenters. The molecule has 0 spiro atoms. The third-order valence-corrected chi connectivity index (χ3v) is 4.87. The Morgan fingerprint density at radius 1 is 1.19 bits per heavy atom. The molecule has 1 aromatic carbocycles. The molecule has 0 amide bonds. The van der Waals surface area contributed by atoms with Crippen molar-refractivity contribution in [2.45, 2.75) is 52.1 Å². The lowest BCUT2D eigenvalue weighted by atomic mass is 10.1. The van der Waals surface area contributed by atoms with Crippen LogP contribution in [0.15, 0.2) is 47.2 Å². The molecule has 0 bridgehead atoms. The van der Waals surface area contributed by atoms with Gasteiger partial charge >= 0.3 is 5.97 Å². The number of aromatic nitrogens is 2. The van der Waals surface area contributed by atoms with Crippen LogP contribution in [0.25, 0.3) is 28.5 Å². The Morgan fingerprint density at radius 2 is 1.97 bits per heavy atom. The lowest BCUT2D eigenvalue weighted by molar-refractivity contribution is -0.137. The number of unbranched alkanes of at least 4 members (excludes halogenated alkanes) is 1. The summed E-state index contributed by atoms with van der Waals surface area (Å²) in [5.41, 5.74) is 1.93. The van der Waals surface area contributed by atoms with Crippen LogP contribution >= 0.6 is 0 Å². The molecule has 0 aliphatic carbocycles. The van der Waals surface area contributed by atoms with E-state index in [1.165, 1.54) is 12.4 Å². The number of allylic oxidation sites excluding steroid dienone is 1. The summed E-state index contributed by atoms with van der Waals surface area (Å²) >= 11 is 0. The quantitative estimate of drug-likeness (QED) is 0.331. The summed E-state index contributed by atoms with van der Waals surface area (Å²) in [6, 6.07) is 9.60. The second kappa shape index (κ2) is 10.5. The minimum Gasteiger partial charge on any atom is -0.481 e. The molecule has 0 aliphatic rings. The fourth-order valence-corrected chi connectivity index (χ4v) is 3.23. The zero-order valence-corrected chi connectivity index (χ0v) is 17.7. The number of furan rings is 1. The molecular formula is C24H26N2O5. The van der Waals surface area contributed by atoms with Crippen molar-refractivity contribution < 1.29 is 23.8 Å². The molecule has 2 aromatic heterocycles. The maximum Gasteiger partial charge on any atom is 0.303 e. The molecule has 7 nitrogen and oxygen atoms in total. The first-order valence-corrected chi connectivity index (χ1v) is 10.4. The summed E-state index contributed by atoms with van der Waals surface area (Å²) in [6.07, 6.45) is 7.05. The van der Waals surface area contributed by atoms with Crippen LogP contribution in [0.2, 0.25) is 0 Å². The second-order valence-electron chi connectivity index (χ2n) is 7.29. The fourth-order valence-electron chi connectivity index (χ4n) is 3.23. The first-order valence-electron chi connectivity index (χ1n) is 10.4. The van der Waals surface area contributed by atoms with Gasteiger partial charge in [-0.2, -0.15) is 0 Å². The zero-order valence-electron chi connectivity index (χ0n) is 17.7. The van der Waals surface area contributed by atoms with Gasteiger partial charge in [-0.25, -0.2) is 9.97 Å². The van der Waals surface area contributed by atoms with E-state index in [1.54, 1.807) is 6.08 Å². The maximum absolute atomic E-state index is 11.9. The van der Waals surface area contributed by atoms with Gasteiger partial charge in [-0.1, -0.05) is 37.3 Å². The molecule has 7 heteroatoms. The number of aliphatic carboxylic acids is 1. The molecule has 0 radical (unpaired) electrons. The number of hydrogen-bond acceptors (Lipinski definition) is 6. The van der Waals surface area contributed by atoms with Crippen LogP contribution in [-0.2, 0) is 9.59 Å². The predicted molar refractivity (Wildman–Crippen MR) is 118 cm³/mol. The van der Waals surface area contributed by atoms with Crippen molar-refractivity contribution in [2.75, 3.05) is 0 Å². The van der Waals surface area contributed by atoms with E-state index in [0.717, 1.165) is 12.0 Å². The van der Waals surface area contributed by atoms with Crippen molar-refractivity contribution in [2.24, 2.45) is 0 Å². The summed E-state index contributed by atoms with van der Waals surface area (Å²) in [5, 5.41) is 9.39. The van der Waals surface area contributed by atoms with Gasteiger partial charge in [0, 0.05) is 24.0 Å². The summed E-state index contributed by atoms with van der Waals surface area (Å²) < 4.78 is 12.1. The molecule has 31 heavy (non-hydrogen) atoms. The number of carboxylic acids is 1. The van der Waals surface area contributed by atoms with E-state index >= 15 is 0 Å². The van der Waals surface area contributed by atoms with Crippen LogP contribution in [0.5, 0.6) is 5.88 Å². The predicted octanol–water partition coefficient (Wildman–Crippen LogP) is 5.29. The summed E-state index contributed by atoms with van der Waals surface area (Å²) in [7, 11) is 0. The van der Waals surface area contributed by atoms with Crippen LogP contribution in [0.4, 0.5) is 0 Å². The summed E-state index contributed by atoms with van der Waals surface area (Å²) in [5.74, 6) is 0.177. The van der Waals surface area contributed by atoms with Crippen LogP contribution in [-0.4, -0.2) is 32.9 Å². The Hall–Kier alpha value is -3.48. The van der Waals surface area contributed by atoms with Crippen LogP contribution in [0, 0.1) is 0 Å². The van der Waals surface area contributed by atoms with Gasteiger partial charge < -0.3 is 14.3 Å². The smallest absolute Gasteiger partial charge is 0.303 e. The van der Waals surface area contributed by atoms with E-state index in [-0.39, 0.29) is 18.3 Å². The van der Waals surface area contributed by atoms with Gasteiger partial charge in [-0.05, 0) is 38.3 Å². The monoisotopic (exact) mass is 422 g/mol. The highest BCUT2D eigenvalue weighted by Crippen LogP contribution is 2.38. The van der Waals surface area contributed by atoms with Crippen molar-refractivity contribution in [3.8, 4) is 17.2 Å². The average Bonchev–Trinajstić information content (AvgIpc) is 3.15. The summed E-state index contributed by atoms with van der Waals surface area (Å²) in [6.45, 7) is 3.73. The van der Waals surface area contributed by atoms with E-state index in [4.69, 9.17) is 14.3 Å². The van der Waals surface area contributed by atoms with Gasteiger partial charge in [0.2, 0.25) is 11.6 Å². The maximum atomic E-state index is 11.9. The molecule has 0 fully saturated rings. The lowest BCUT2D eigenvalue weighted by Gasteiger charge is -2.14. The summed E-state index contributed by atoms with van der Waals surface area (Å²) in [4.78, 5) is 31.2. The molecule has 0 aliphatic heterocycles. The number of benzene rings is 1. The van der Waals surface area contributed by atoms with Gasteiger partial charge in [0.25, 0.3) is 0 Å². The number of fused-ring (bicyclic) bond motifs is 1. The minimum atomic E-state index is -0.795. The third-order valence-electron chi connectivity index (χ3n) is 4.87. The van der Waals surface area contributed by atoms with Crippen molar-refractivity contribution in [1.82, 2.24) is 9.97 Å². The highest BCUT2D eigenvalue weighted by Gasteiger charge is 2.21. The second-order valence-corrected chi connectivity index (χ2v) is 7.29. The first kappa shape index (κ1) is 22.2. The number of carboxylic acid groups (broad SMARTS) is 1. The molecule has 1 N–H and O–H groups in total. The molecule has 0 unspecified atom stereocenters. The third kappa shape index (κ3) is 5.78.